The molecule has 0 amide bonds. The second-order valence-electron chi connectivity index (χ2n) is 2.95. The molecule has 7 heteroatoms. The average molecular weight is 302 g/mol. The number of aliphatic hydroxyl groups excluding tert-OH is 1. The number of nitrogens with zero attached hydrogens (tertiary/aromatic N) is 1. The van der Waals surface area contributed by atoms with Gasteiger partial charge in [-0.2, -0.15) is 13.2 Å². The van der Waals surface area contributed by atoms with Crippen molar-refractivity contribution in [2.24, 2.45) is 0 Å². The lowest BCUT2D eigenvalue weighted by molar-refractivity contribution is -0.207. The van der Waals surface area contributed by atoms with Crippen molar-refractivity contribution in [3.63, 3.8) is 0 Å². The minimum Gasteiger partial charge on any atom is -0.505 e. The van der Waals surface area contributed by atoms with Gasteiger partial charge >= 0.3 is 6.18 Å². The van der Waals surface area contributed by atoms with E-state index in [1.807, 2.05) is 27.7 Å². The second-order valence-corrected chi connectivity index (χ2v) is 3.31. The fourth-order valence-corrected chi connectivity index (χ4v) is 1.21. The van der Waals surface area contributed by atoms with E-state index in [2.05, 4.69) is 4.98 Å². The highest BCUT2D eigenvalue weighted by Crippen LogP contribution is 2.34. The highest BCUT2D eigenvalue weighted by molar-refractivity contribution is 6.30. The van der Waals surface area contributed by atoms with Crippen molar-refractivity contribution in [1.82, 2.24) is 4.98 Å². The molecular formula is C12H19ClF3NO2. The van der Waals surface area contributed by atoms with Crippen LogP contribution in [0.2, 0.25) is 5.15 Å². The van der Waals surface area contributed by atoms with E-state index in [0.717, 1.165) is 6.07 Å². The molecular weight excluding hydrogens is 283 g/mol. The van der Waals surface area contributed by atoms with Crippen molar-refractivity contribution in [3.8, 4) is 5.75 Å². The van der Waals surface area contributed by atoms with Crippen LogP contribution in [-0.4, -0.2) is 21.4 Å². The Balaban J connectivity index is 0. The zero-order valence-corrected chi connectivity index (χ0v) is 12.3. The molecule has 0 radical (unpaired) electrons. The summed E-state index contributed by atoms with van der Waals surface area (Å²) in [5.74, 6) is -0.394. The molecule has 0 saturated heterocycles. The minimum absolute atomic E-state index is 0.119. The number of aromatic hydroxyl groups is 1. The molecule has 2 N–H and O–H groups in total. The molecule has 0 fully saturated rings. The lowest BCUT2D eigenvalue weighted by Crippen LogP contribution is -2.21. The van der Waals surface area contributed by atoms with E-state index in [1.54, 1.807) is 0 Å². The van der Waals surface area contributed by atoms with Crippen LogP contribution in [0.3, 0.4) is 0 Å². The average Bonchev–Trinajstić information content (AvgIpc) is 2.38. The van der Waals surface area contributed by atoms with Crippen LogP contribution in [-0.2, 0) is 0 Å². The molecule has 19 heavy (non-hydrogen) atoms. The number of alkyl halides is 3. The predicted molar refractivity (Wildman–Crippen MR) is 69.4 cm³/mol. The molecule has 1 aromatic heterocycles. The monoisotopic (exact) mass is 301 g/mol. The molecule has 0 aliphatic carbocycles. The number of pyridine rings is 1. The number of halogens is 4. The van der Waals surface area contributed by atoms with Crippen LogP contribution in [0.5, 0.6) is 5.75 Å². The summed E-state index contributed by atoms with van der Waals surface area (Å²) in [6.45, 7) is 9.36. The van der Waals surface area contributed by atoms with Gasteiger partial charge in [0.2, 0.25) is 0 Å². The van der Waals surface area contributed by atoms with Crippen molar-refractivity contribution in [2.75, 3.05) is 0 Å². The third kappa shape index (κ3) is 6.11. The highest BCUT2D eigenvalue weighted by Gasteiger charge is 2.40. The van der Waals surface area contributed by atoms with Crippen molar-refractivity contribution >= 4 is 11.6 Å². The van der Waals surface area contributed by atoms with Gasteiger partial charge in [0, 0.05) is 0 Å². The Morgan fingerprint density at radius 1 is 1.21 bits per heavy atom. The standard InChI is InChI=1S/C8H7ClF3NO2.2C2H6/c1-3-2-4(6(15)8(10,11)12)13-7(9)5(3)14;2*1-2/h2,6,14-15H,1H3;2*1-2H3. The predicted octanol–water partition coefficient (Wildman–Crippen LogP) is 4.40. The normalized spacial score (nSPS) is 11.7. The van der Waals surface area contributed by atoms with Crippen molar-refractivity contribution in [1.29, 1.82) is 0 Å². The Kier molecular flexibility index (Phi) is 9.60. The number of hydrogen-bond donors (Lipinski definition) is 2. The van der Waals surface area contributed by atoms with Gasteiger partial charge in [0.25, 0.3) is 0 Å². The van der Waals surface area contributed by atoms with Crippen molar-refractivity contribution in [3.05, 3.63) is 22.5 Å². The second kappa shape index (κ2) is 8.98. The van der Waals surface area contributed by atoms with Crippen molar-refractivity contribution < 1.29 is 23.4 Å². The van der Waals surface area contributed by atoms with Gasteiger partial charge in [-0.25, -0.2) is 4.98 Å². The lowest BCUT2D eigenvalue weighted by atomic mass is 10.1. The van der Waals surface area contributed by atoms with Crippen LogP contribution in [0.15, 0.2) is 6.07 Å². The molecule has 0 aliphatic heterocycles. The van der Waals surface area contributed by atoms with E-state index in [0.29, 0.717) is 0 Å². The summed E-state index contributed by atoms with van der Waals surface area (Å²) in [5, 5.41) is 17.6. The Bertz CT molecular complexity index is 361. The summed E-state index contributed by atoms with van der Waals surface area (Å²) in [4.78, 5) is 3.25. The zero-order valence-electron chi connectivity index (χ0n) is 11.5. The molecule has 1 aromatic rings. The number of hydrogen-bond acceptors (Lipinski definition) is 3. The largest absolute Gasteiger partial charge is 0.505 e. The summed E-state index contributed by atoms with van der Waals surface area (Å²) in [6.07, 6.45) is -7.51. The van der Waals surface area contributed by atoms with Crippen LogP contribution in [0.4, 0.5) is 13.2 Å². The Morgan fingerprint density at radius 3 is 1.95 bits per heavy atom. The summed E-state index contributed by atoms with van der Waals surface area (Å²) in [5.41, 5.74) is -0.517. The zero-order chi connectivity index (χ0) is 15.8. The molecule has 3 nitrogen and oxygen atoms in total. The van der Waals surface area contributed by atoms with Gasteiger partial charge in [-0.1, -0.05) is 39.3 Å². The summed E-state index contributed by atoms with van der Waals surface area (Å²) >= 11 is 5.37. The van der Waals surface area contributed by atoms with Crippen LogP contribution >= 0.6 is 11.6 Å². The molecule has 0 aliphatic rings. The van der Waals surface area contributed by atoms with Gasteiger partial charge in [-0.15, -0.1) is 0 Å². The fourth-order valence-electron chi connectivity index (χ4n) is 0.959. The molecule has 0 aromatic carbocycles. The molecule has 0 bridgehead atoms. The molecule has 112 valence electrons. The number of aliphatic hydroxyl groups is 1. The maximum atomic E-state index is 12.1. The van der Waals surface area contributed by atoms with E-state index in [9.17, 15) is 13.2 Å². The number of rotatable bonds is 1. The molecule has 0 saturated carbocycles. The summed E-state index contributed by atoms with van der Waals surface area (Å²) < 4.78 is 36.3. The van der Waals surface area contributed by atoms with Crippen LogP contribution < -0.4 is 0 Å². The van der Waals surface area contributed by atoms with Crippen LogP contribution in [0.1, 0.15) is 45.1 Å². The topological polar surface area (TPSA) is 53.4 Å². The summed E-state index contributed by atoms with van der Waals surface area (Å²) in [6, 6.07) is 0.930. The Morgan fingerprint density at radius 2 is 1.63 bits per heavy atom. The van der Waals surface area contributed by atoms with Crippen LogP contribution in [0, 0.1) is 6.92 Å². The lowest BCUT2D eigenvalue weighted by Gasteiger charge is -2.15. The first-order chi connectivity index (χ1) is 8.73. The molecule has 0 spiro atoms. The first-order valence-electron chi connectivity index (χ1n) is 5.84. The SMILES string of the molecule is CC.CC.Cc1cc(C(O)C(F)(F)F)nc(Cl)c1O. The van der Waals surface area contributed by atoms with E-state index in [1.165, 1.54) is 6.92 Å². The molecule has 1 rings (SSSR count). The number of aromatic nitrogens is 1. The van der Waals surface area contributed by atoms with Gasteiger partial charge in [-0.3, -0.25) is 0 Å². The third-order valence-electron chi connectivity index (χ3n) is 1.75. The van der Waals surface area contributed by atoms with E-state index < -0.39 is 28.9 Å². The fraction of sp³-hybridized carbons (Fsp3) is 0.583. The maximum Gasteiger partial charge on any atom is 0.420 e. The van der Waals surface area contributed by atoms with Crippen molar-refractivity contribution in [2.45, 2.75) is 46.9 Å². The highest BCUT2D eigenvalue weighted by atomic mass is 35.5. The van der Waals surface area contributed by atoms with Gasteiger partial charge in [-0.05, 0) is 18.6 Å². The first-order valence-corrected chi connectivity index (χ1v) is 6.22. The maximum absolute atomic E-state index is 12.1. The van der Waals surface area contributed by atoms with E-state index >= 15 is 0 Å². The summed E-state index contributed by atoms with van der Waals surface area (Å²) in [7, 11) is 0. The minimum atomic E-state index is -4.81. The van der Waals surface area contributed by atoms with Crippen LogP contribution in [0.25, 0.3) is 0 Å². The first kappa shape index (κ1) is 20.3. The van der Waals surface area contributed by atoms with Gasteiger partial charge in [0.1, 0.15) is 0 Å². The number of aryl methyl sites for hydroxylation is 1. The van der Waals surface area contributed by atoms with E-state index in [-0.39, 0.29) is 5.56 Å². The smallest absolute Gasteiger partial charge is 0.420 e. The molecule has 1 atom stereocenters. The Hall–Kier alpha value is -1.01. The molecule has 1 heterocycles. The third-order valence-corrected chi connectivity index (χ3v) is 2.01. The molecule has 1 unspecified atom stereocenters. The Labute approximate surface area is 116 Å². The van der Waals surface area contributed by atoms with Gasteiger partial charge < -0.3 is 10.2 Å². The van der Waals surface area contributed by atoms with Gasteiger partial charge in [0.05, 0.1) is 5.69 Å². The van der Waals surface area contributed by atoms with Gasteiger partial charge in [0.15, 0.2) is 17.0 Å². The quantitative estimate of drug-likeness (QED) is 0.756. The van der Waals surface area contributed by atoms with E-state index in [4.69, 9.17) is 21.8 Å².